The second kappa shape index (κ2) is 8.40. The number of thiocarbonyl (C=S) groups is 1. The highest BCUT2D eigenvalue weighted by molar-refractivity contribution is 7.80. The smallest absolute Gasteiger partial charge is 0.250 e. The van der Waals surface area contributed by atoms with Gasteiger partial charge in [0.05, 0.1) is 11.3 Å². The SMILES string of the molecule is CC(C)(C)C(=O)NC(NC(=S)Nc1ccccc1C(N)=O)C(Cl)(Cl)Cl. The minimum Gasteiger partial charge on any atom is -0.366 e. The Hall–Kier alpha value is -1.28. The van der Waals surface area contributed by atoms with Crippen LogP contribution in [0.15, 0.2) is 24.3 Å². The first-order valence-electron chi connectivity index (χ1n) is 7.16. The fraction of sp³-hybridized carbons (Fsp3) is 0.400. The van der Waals surface area contributed by atoms with E-state index in [1.165, 1.54) is 0 Å². The van der Waals surface area contributed by atoms with E-state index in [1.807, 2.05) is 0 Å². The van der Waals surface area contributed by atoms with E-state index in [0.717, 1.165) is 0 Å². The number of alkyl halides is 3. The van der Waals surface area contributed by atoms with Crippen molar-refractivity contribution in [1.82, 2.24) is 10.6 Å². The first-order chi connectivity index (χ1) is 11.3. The molecular weight excluding hydrogens is 407 g/mol. The molecule has 25 heavy (non-hydrogen) atoms. The molecular formula is C15H19Cl3N4O2S. The fourth-order valence-electron chi connectivity index (χ4n) is 1.64. The summed E-state index contributed by atoms with van der Waals surface area (Å²) >= 11 is 22.9. The molecule has 0 saturated carbocycles. The zero-order chi connectivity index (χ0) is 19.4. The van der Waals surface area contributed by atoms with E-state index in [-0.39, 0.29) is 16.6 Å². The summed E-state index contributed by atoms with van der Waals surface area (Å²) in [6, 6.07) is 6.52. The summed E-state index contributed by atoms with van der Waals surface area (Å²) in [6.45, 7) is 5.16. The third kappa shape index (κ3) is 6.86. The summed E-state index contributed by atoms with van der Waals surface area (Å²) < 4.78 is -1.87. The number of hydrogen-bond acceptors (Lipinski definition) is 3. The Labute approximate surface area is 166 Å². The highest BCUT2D eigenvalue weighted by Gasteiger charge is 2.36. The van der Waals surface area contributed by atoms with E-state index in [1.54, 1.807) is 45.0 Å². The summed E-state index contributed by atoms with van der Waals surface area (Å²) in [4.78, 5) is 23.6. The van der Waals surface area contributed by atoms with Gasteiger partial charge in [0.15, 0.2) is 5.11 Å². The number of hydrogen-bond donors (Lipinski definition) is 4. The molecule has 0 aliphatic heterocycles. The molecule has 1 atom stereocenters. The van der Waals surface area contributed by atoms with Crippen molar-refractivity contribution < 1.29 is 9.59 Å². The number of para-hydroxylation sites is 1. The van der Waals surface area contributed by atoms with Crippen LogP contribution in [0.1, 0.15) is 31.1 Å². The Morgan fingerprint density at radius 2 is 1.68 bits per heavy atom. The molecule has 0 aliphatic rings. The average molecular weight is 426 g/mol. The normalized spacial score (nSPS) is 12.9. The molecule has 6 nitrogen and oxygen atoms in total. The minimum atomic E-state index is -1.87. The number of halogens is 3. The Kier molecular flexibility index (Phi) is 7.31. The van der Waals surface area contributed by atoms with Crippen LogP contribution >= 0.6 is 47.0 Å². The van der Waals surface area contributed by atoms with Gasteiger partial charge in [-0.05, 0) is 24.4 Å². The quantitative estimate of drug-likeness (QED) is 0.338. The van der Waals surface area contributed by atoms with Crippen molar-refractivity contribution in [3.63, 3.8) is 0 Å². The van der Waals surface area contributed by atoms with Crippen molar-refractivity contribution in [2.45, 2.75) is 30.7 Å². The van der Waals surface area contributed by atoms with Gasteiger partial charge in [0.2, 0.25) is 9.70 Å². The van der Waals surface area contributed by atoms with Gasteiger partial charge in [0.25, 0.3) is 5.91 Å². The monoisotopic (exact) mass is 424 g/mol. The Bertz CT molecular complexity index is 671. The van der Waals surface area contributed by atoms with Gasteiger partial charge in [-0.3, -0.25) is 9.59 Å². The molecule has 0 aliphatic carbocycles. The van der Waals surface area contributed by atoms with E-state index >= 15 is 0 Å². The van der Waals surface area contributed by atoms with Crippen molar-refractivity contribution in [3.8, 4) is 0 Å². The zero-order valence-electron chi connectivity index (χ0n) is 13.8. The van der Waals surface area contributed by atoms with Crippen molar-refractivity contribution in [2.24, 2.45) is 11.1 Å². The molecule has 0 fully saturated rings. The number of primary amides is 1. The predicted octanol–water partition coefficient (Wildman–Crippen LogP) is 2.93. The van der Waals surface area contributed by atoms with Gasteiger partial charge in [-0.1, -0.05) is 67.7 Å². The van der Waals surface area contributed by atoms with Crippen LogP contribution in [0.5, 0.6) is 0 Å². The molecule has 2 amide bonds. The number of nitrogens with one attached hydrogen (secondary N) is 3. The second-order valence-corrected chi connectivity index (χ2v) is 8.98. The van der Waals surface area contributed by atoms with Gasteiger partial charge in [0.1, 0.15) is 6.17 Å². The molecule has 0 aromatic heterocycles. The molecule has 5 N–H and O–H groups in total. The fourth-order valence-corrected chi connectivity index (χ4v) is 2.20. The summed E-state index contributed by atoms with van der Waals surface area (Å²) in [5.41, 5.74) is 5.25. The third-order valence-corrected chi connectivity index (χ3v) is 3.87. The highest BCUT2D eigenvalue weighted by atomic mass is 35.6. The third-order valence-electron chi connectivity index (χ3n) is 3.00. The van der Waals surface area contributed by atoms with Gasteiger partial charge in [-0.25, -0.2) is 0 Å². The van der Waals surface area contributed by atoms with Crippen LogP contribution in [0.3, 0.4) is 0 Å². The van der Waals surface area contributed by atoms with Crippen molar-refractivity contribution >= 4 is 69.6 Å². The van der Waals surface area contributed by atoms with Crippen molar-refractivity contribution in [2.75, 3.05) is 5.32 Å². The van der Waals surface area contributed by atoms with Crippen LogP contribution in [-0.4, -0.2) is 26.9 Å². The Balaban J connectivity index is 2.90. The first kappa shape index (κ1) is 21.8. The van der Waals surface area contributed by atoms with Gasteiger partial charge >= 0.3 is 0 Å². The van der Waals surface area contributed by atoms with E-state index in [4.69, 9.17) is 52.8 Å². The molecule has 1 rings (SSSR count). The van der Waals surface area contributed by atoms with E-state index in [0.29, 0.717) is 5.69 Å². The molecule has 0 heterocycles. The molecule has 1 aromatic rings. The van der Waals surface area contributed by atoms with Crippen LogP contribution in [0.2, 0.25) is 0 Å². The summed E-state index contributed by atoms with van der Waals surface area (Å²) in [5.74, 6) is -0.957. The van der Waals surface area contributed by atoms with Gasteiger partial charge in [-0.2, -0.15) is 0 Å². The second-order valence-electron chi connectivity index (χ2n) is 6.21. The van der Waals surface area contributed by atoms with Gasteiger partial charge in [-0.15, -0.1) is 0 Å². The largest absolute Gasteiger partial charge is 0.366 e. The number of rotatable bonds is 4. The topological polar surface area (TPSA) is 96.2 Å². The maximum absolute atomic E-state index is 12.2. The maximum atomic E-state index is 12.2. The van der Waals surface area contributed by atoms with Gasteiger partial charge in [0, 0.05) is 5.41 Å². The molecule has 10 heteroatoms. The van der Waals surface area contributed by atoms with Crippen LogP contribution in [-0.2, 0) is 4.79 Å². The lowest BCUT2D eigenvalue weighted by atomic mass is 9.95. The van der Waals surface area contributed by atoms with Crippen molar-refractivity contribution in [3.05, 3.63) is 29.8 Å². The predicted molar refractivity (Wildman–Crippen MR) is 106 cm³/mol. The first-order valence-corrected chi connectivity index (χ1v) is 8.70. The number of nitrogens with two attached hydrogens (primary N) is 1. The lowest BCUT2D eigenvalue weighted by Crippen LogP contribution is -2.58. The standard InChI is InChI=1S/C15H19Cl3N4O2S/c1-14(2,3)12(24)21-11(15(16,17)18)22-13(25)20-9-7-5-4-6-8(9)10(19)23/h4-7,11H,1-3H3,(H2,19,23)(H,21,24)(H2,20,22,25). The minimum absolute atomic E-state index is 0.0410. The summed E-state index contributed by atoms with van der Waals surface area (Å²) in [5, 5.41) is 8.14. The highest BCUT2D eigenvalue weighted by Crippen LogP contribution is 2.30. The van der Waals surface area contributed by atoms with Crippen LogP contribution in [0, 0.1) is 5.41 Å². The molecule has 0 bridgehead atoms. The van der Waals surface area contributed by atoms with Crippen molar-refractivity contribution in [1.29, 1.82) is 0 Å². The molecule has 1 aromatic carbocycles. The Morgan fingerprint density at radius 1 is 1.12 bits per heavy atom. The van der Waals surface area contributed by atoms with Gasteiger partial charge < -0.3 is 21.7 Å². The maximum Gasteiger partial charge on any atom is 0.250 e. The van der Waals surface area contributed by atoms with E-state index in [9.17, 15) is 9.59 Å². The molecule has 0 saturated heterocycles. The Morgan fingerprint density at radius 3 is 2.16 bits per heavy atom. The number of amides is 2. The number of benzene rings is 1. The zero-order valence-corrected chi connectivity index (χ0v) is 16.9. The van der Waals surface area contributed by atoms with Crippen LogP contribution < -0.4 is 21.7 Å². The van der Waals surface area contributed by atoms with E-state index < -0.39 is 21.3 Å². The summed E-state index contributed by atoms with van der Waals surface area (Å²) in [6.07, 6.45) is -1.09. The van der Waals surface area contributed by atoms with Crippen LogP contribution in [0.25, 0.3) is 0 Å². The number of carbonyl (C=O) groups is 2. The molecule has 0 radical (unpaired) electrons. The van der Waals surface area contributed by atoms with Crippen LogP contribution in [0.4, 0.5) is 5.69 Å². The van der Waals surface area contributed by atoms with E-state index in [2.05, 4.69) is 16.0 Å². The summed E-state index contributed by atoms with van der Waals surface area (Å²) in [7, 11) is 0. The molecule has 1 unspecified atom stereocenters. The number of carbonyl (C=O) groups excluding carboxylic acids is 2. The number of anilines is 1. The molecule has 0 spiro atoms. The molecule has 138 valence electrons. The average Bonchev–Trinajstić information content (AvgIpc) is 2.44. The lowest BCUT2D eigenvalue weighted by Gasteiger charge is -2.30. The lowest BCUT2D eigenvalue weighted by molar-refractivity contribution is -0.129.